The van der Waals surface area contributed by atoms with Gasteiger partial charge in [0.05, 0.1) is 21.3 Å². The highest BCUT2D eigenvalue weighted by Crippen LogP contribution is 2.35. The number of benzene rings is 2. The number of ether oxygens (including phenoxy) is 4. The molecule has 0 heterocycles. The van der Waals surface area contributed by atoms with Gasteiger partial charge in [-0.25, -0.2) is 4.79 Å². The standard InChI is InChI=1S/C23H27NO6/c1-16(23(26)24(2)15-17-9-7-6-8-10-17)30-22(25)12-11-18-13-20(28-4)21(29-5)14-19(18)27-3/h6-14,16H,15H2,1-5H3/b12-11+/t16-/m1/s1. The fourth-order valence-electron chi connectivity index (χ4n) is 2.85. The predicted molar refractivity (Wildman–Crippen MR) is 114 cm³/mol. The fraction of sp³-hybridized carbons (Fsp3) is 0.304. The lowest BCUT2D eigenvalue weighted by Gasteiger charge is -2.21. The molecule has 0 aromatic heterocycles. The summed E-state index contributed by atoms with van der Waals surface area (Å²) in [5.41, 5.74) is 1.60. The summed E-state index contributed by atoms with van der Waals surface area (Å²) in [6.45, 7) is 1.98. The Morgan fingerprint density at radius 1 is 0.967 bits per heavy atom. The average Bonchev–Trinajstić information content (AvgIpc) is 2.76. The van der Waals surface area contributed by atoms with Crippen molar-refractivity contribution in [3.8, 4) is 17.2 Å². The van der Waals surface area contributed by atoms with Crippen molar-refractivity contribution < 1.29 is 28.5 Å². The summed E-state index contributed by atoms with van der Waals surface area (Å²) in [7, 11) is 6.23. The van der Waals surface area contributed by atoms with Crippen LogP contribution in [-0.4, -0.2) is 51.3 Å². The predicted octanol–water partition coefficient (Wildman–Crippen LogP) is 3.32. The molecule has 0 N–H and O–H groups in total. The minimum atomic E-state index is -0.914. The van der Waals surface area contributed by atoms with Crippen LogP contribution in [0.4, 0.5) is 0 Å². The lowest BCUT2D eigenvalue weighted by Crippen LogP contribution is -2.36. The van der Waals surface area contributed by atoms with Crippen molar-refractivity contribution in [2.75, 3.05) is 28.4 Å². The average molecular weight is 413 g/mol. The smallest absolute Gasteiger partial charge is 0.331 e. The number of carbonyl (C=O) groups is 2. The van der Waals surface area contributed by atoms with Gasteiger partial charge in [0.1, 0.15) is 5.75 Å². The first-order chi connectivity index (χ1) is 14.4. The van der Waals surface area contributed by atoms with Gasteiger partial charge in [-0.1, -0.05) is 30.3 Å². The quantitative estimate of drug-likeness (QED) is 0.464. The van der Waals surface area contributed by atoms with Crippen LogP contribution in [0.1, 0.15) is 18.1 Å². The molecule has 0 unspecified atom stereocenters. The Kier molecular flexibility index (Phi) is 8.29. The van der Waals surface area contributed by atoms with Crippen LogP contribution in [-0.2, 0) is 20.9 Å². The van der Waals surface area contributed by atoms with Crippen LogP contribution in [0.3, 0.4) is 0 Å². The van der Waals surface area contributed by atoms with Crippen LogP contribution in [0.5, 0.6) is 17.2 Å². The van der Waals surface area contributed by atoms with Crippen LogP contribution in [0.15, 0.2) is 48.5 Å². The van der Waals surface area contributed by atoms with Gasteiger partial charge in [-0.05, 0) is 24.6 Å². The number of hydrogen-bond acceptors (Lipinski definition) is 6. The van der Waals surface area contributed by atoms with Crippen LogP contribution in [0.25, 0.3) is 6.08 Å². The van der Waals surface area contributed by atoms with Crippen molar-refractivity contribution >= 4 is 18.0 Å². The van der Waals surface area contributed by atoms with Gasteiger partial charge in [0.2, 0.25) is 0 Å². The van der Waals surface area contributed by atoms with E-state index >= 15 is 0 Å². The Labute approximate surface area is 176 Å². The molecule has 7 heteroatoms. The van der Waals surface area contributed by atoms with Crippen LogP contribution in [0.2, 0.25) is 0 Å². The molecule has 2 aromatic carbocycles. The van der Waals surface area contributed by atoms with Gasteiger partial charge in [-0.15, -0.1) is 0 Å². The number of hydrogen-bond donors (Lipinski definition) is 0. The second kappa shape index (κ2) is 10.9. The molecule has 0 aliphatic heterocycles. The lowest BCUT2D eigenvalue weighted by molar-refractivity contribution is -0.154. The number of nitrogens with zero attached hydrogens (tertiary/aromatic N) is 1. The number of methoxy groups -OCH3 is 3. The fourth-order valence-corrected chi connectivity index (χ4v) is 2.85. The van der Waals surface area contributed by atoms with Crippen molar-refractivity contribution in [2.45, 2.75) is 19.6 Å². The van der Waals surface area contributed by atoms with Crippen LogP contribution < -0.4 is 14.2 Å². The molecule has 0 aliphatic carbocycles. The molecule has 0 radical (unpaired) electrons. The molecule has 0 aliphatic rings. The van der Waals surface area contributed by atoms with E-state index in [-0.39, 0.29) is 5.91 Å². The van der Waals surface area contributed by atoms with Gasteiger partial charge in [0, 0.05) is 31.3 Å². The summed E-state index contributed by atoms with van der Waals surface area (Å²) in [6.07, 6.45) is 1.86. The van der Waals surface area contributed by atoms with E-state index in [9.17, 15) is 9.59 Å². The molecule has 0 spiro atoms. The monoisotopic (exact) mass is 413 g/mol. The van der Waals surface area contributed by atoms with E-state index in [0.29, 0.717) is 29.4 Å². The highest BCUT2D eigenvalue weighted by molar-refractivity contribution is 5.90. The molecule has 160 valence electrons. The number of esters is 1. The summed E-state index contributed by atoms with van der Waals surface area (Å²) in [5, 5.41) is 0. The Morgan fingerprint density at radius 3 is 2.17 bits per heavy atom. The zero-order chi connectivity index (χ0) is 22.1. The molecule has 0 saturated carbocycles. The molecule has 0 fully saturated rings. The summed E-state index contributed by atoms with van der Waals surface area (Å²) < 4.78 is 21.1. The van der Waals surface area contributed by atoms with Crippen molar-refractivity contribution in [3.05, 3.63) is 59.7 Å². The maximum absolute atomic E-state index is 12.5. The third-order valence-corrected chi connectivity index (χ3v) is 4.41. The molecule has 7 nitrogen and oxygen atoms in total. The zero-order valence-corrected chi connectivity index (χ0v) is 17.9. The minimum absolute atomic E-state index is 0.288. The third kappa shape index (κ3) is 6.01. The van der Waals surface area contributed by atoms with E-state index in [0.717, 1.165) is 5.56 Å². The molecule has 30 heavy (non-hydrogen) atoms. The Morgan fingerprint density at radius 2 is 1.57 bits per heavy atom. The lowest BCUT2D eigenvalue weighted by atomic mass is 10.1. The molecule has 2 rings (SSSR count). The van der Waals surface area contributed by atoms with Gasteiger partial charge < -0.3 is 23.8 Å². The largest absolute Gasteiger partial charge is 0.496 e. The van der Waals surface area contributed by atoms with Gasteiger partial charge in [-0.2, -0.15) is 0 Å². The topological polar surface area (TPSA) is 74.3 Å². The summed E-state index contributed by atoms with van der Waals surface area (Å²) in [4.78, 5) is 26.2. The van der Waals surface area contributed by atoms with Gasteiger partial charge >= 0.3 is 5.97 Å². The zero-order valence-electron chi connectivity index (χ0n) is 17.9. The first kappa shape index (κ1) is 22.8. The molecule has 2 aromatic rings. The third-order valence-electron chi connectivity index (χ3n) is 4.41. The van der Waals surface area contributed by atoms with Crippen LogP contribution in [0, 0.1) is 0 Å². The highest BCUT2D eigenvalue weighted by atomic mass is 16.5. The maximum atomic E-state index is 12.5. The summed E-state index contributed by atoms with van der Waals surface area (Å²) >= 11 is 0. The van der Waals surface area contributed by atoms with Crippen molar-refractivity contribution in [1.82, 2.24) is 4.90 Å². The Hall–Kier alpha value is -3.48. The SMILES string of the molecule is COc1cc(OC)c(OC)cc1/C=C/C(=O)O[C@H](C)C(=O)N(C)Cc1ccccc1. The number of rotatable bonds is 9. The summed E-state index contributed by atoms with van der Waals surface area (Å²) in [6, 6.07) is 12.9. The molecular weight excluding hydrogens is 386 g/mol. The number of amides is 1. The molecule has 1 atom stereocenters. The summed E-state index contributed by atoms with van der Waals surface area (Å²) in [5.74, 6) is 0.584. The van der Waals surface area contributed by atoms with E-state index in [1.54, 1.807) is 26.1 Å². The number of likely N-dealkylation sites (N-methyl/N-ethyl adjacent to an activating group) is 1. The Bertz CT molecular complexity index is 894. The second-order valence-corrected chi connectivity index (χ2v) is 6.54. The van der Waals surface area contributed by atoms with Crippen molar-refractivity contribution in [2.24, 2.45) is 0 Å². The second-order valence-electron chi connectivity index (χ2n) is 6.54. The van der Waals surface area contributed by atoms with E-state index < -0.39 is 12.1 Å². The number of carbonyl (C=O) groups excluding carboxylic acids is 2. The van der Waals surface area contributed by atoms with E-state index in [1.165, 1.54) is 38.4 Å². The molecule has 0 bridgehead atoms. The van der Waals surface area contributed by atoms with Gasteiger partial charge in [0.25, 0.3) is 5.91 Å². The van der Waals surface area contributed by atoms with E-state index in [1.807, 2.05) is 30.3 Å². The van der Waals surface area contributed by atoms with Gasteiger partial charge in [-0.3, -0.25) is 4.79 Å². The first-order valence-electron chi connectivity index (χ1n) is 9.37. The van der Waals surface area contributed by atoms with E-state index in [4.69, 9.17) is 18.9 Å². The van der Waals surface area contributed by atoms with E-state index in [2.05, 4.69) is 0 Å². The molecular formula is C23H27NO6. The minimum Gasteiger partial charge on any atom is -0.496 e. The van der Waals surface area contributed by atoms with Gasteiger partial charge in [0.15, 0.2) is 17.6 Å². The normalized spacial score (nSPS) is 11.6. The highest BCUT2D eigenvalue weighted by Gasteiger charge is 2.21. The molecule has 0 saturated heterocycles. The van der Waals surface area contributed by atoms with Crippen LogP contribution >= 0.6 is 0 Å². The maximum Gasteiger partial charge on any atom is 0.331 e. The Balaban J connectivity index is 2.02. The molecule has 1 amide bonds. The van der Waals surface area contributed by atoms with Crippen molar-refractivity contribution in [1.29, 1.82) is 0 Å². The first-order valence-corrected chi connectivity index (χ1v) is 9.37. The van der Waals surface area contributed by atoms with Crippen molar-refractivity contribution in [3.63, 3.8) is 0 Å².